The van der Waals surface area contributed by atoms with Gasteiger partial charge in [0.15, 0.2) is 0 Å². The van der Waals surface area contributed by atoms with E-state index in [1.165, 1.54) is 7.11 Å². The Labute approximate surface area is 132 Å². The fraction of sp³-hybridized carbons (Fsp3) is 0.188. The van der Waals surface area contributed by atoms with Crippen molar-refractivity contribution < 1.29 is 9.53 Å². The van der Waals surface area contributed by atoms with Gasteiger partial charge in [-0.1, -0.05) is 15.9 Å². The van der Waals surface area contributed by atoms with Crippen molar-refractivity contribution in [2.45, 2.75) is 13.8 Å². The molecule has 0 saturated carbocycles. The largest absolute Gasteiger partial charge is 0.497 e. The van der Waals surface area contributed by atoms with E-state index in [1.54, 1.807) is 18.2 Å². The number of carbonyl (C=O) groups excluding carboxylic acids is 1. The lowest BCUT2D eigenvalue weighted by atomic mass is 10.1. The molecule has 5 heteroatoms. The van der Waals surface area contributed by atoms with Crippen LogP contribution in [-0.2, 0) is 0 Å². The topological polar surface area (TPSA) is 64.3 Å². The van der Waals surface area contributed by atoms with Crippen LogP contribution in [0.1, 0.15) is 21.5 Å². The molecule has 21 heavy (non-hydrogen) atoms. The number of benzene rings is 2. The van der Waals surface area contributed by atoms with E-state index in [0.29, 0.717) is 17.0 Å². The molecule has 0 aliphatic heterocycles. The molecule has 0 radical (unpaired) electrons. The lowest BCUT2D eigenvalue weighted by molar-refractivity contribution is 0.102. The molecule has 2 rings (SSSR count). The molecule has 0 aromatic heterocycles. The maximum atomic E-state index is 12.3. The first-order valence-electron chi connectivity index (χ1n) is 6.43. The molecular formula is C16H17BrN2O2. The van der Waals surface area contributed by atoms with Gasteiger partial charge in [-0.05, 0) is 49.2 Å². The molecule has 2 aromatic carbocycles. The normalized spacial score (nSPS) is 10.3. The molecule has 0 heterocycles. The summed E-state index contributed by atoms with van der Waals surface area (Å²) < 4.78 is 6.17. The van der Waals surface area contributed by atoms with Gasteiger partial charge in [0, 0.05) is 27.5 Å². The zero-order valence-corrected chi connectivity index (χ0v) is 13.7. The summed E-state index contributed by atoms with van der Waals surface area (Å²) in [5.74, 6) is 0.338. The molecule has 1 amide bonds. The first-order valence-corrected chi connectivity index (χ1v) is 7.22. The highest BCUT2D eigenvalue weighted by atomic mass is 79.9. The standard InChI is InChI=1S/C16H17BrN2O2/c1-9-4-13(5-10(2)15(9)17)19-16(20)11-6-12(18)8-14(7-11)21-3/h4-8H,18H2,1-3H3,(H,19,20). The van der Waals surface area contributed by atoms with Crippen molar-refractivity contribution in [3.05, 3.63) is 51.5 Å². The van der Waals surface area contributed by atoms with Crippen molar-refractivity contribution in [1.29, 1.82) is 0 Å². The minimum atomic E-state index is -0.221. The van der Waals surface area contributed by atoms with Crippen molar-refractivity contribution in [3.8, 4) is 5.75 Å². The summed E-state index contributed by atoms with van der Waals surface area (Å²) in [7, 11) is 1.54. The van der Waals surface area contributed by atoms with Gasteiger partial charge in [0.25, 0.3) is 5.91 Å². The number of nitrogens with two attached hydrogens (primary N) is 1. The number of halogens is 1. The molecular weight excluding hydrogens is 332 g/mol. The van der Waals surface area contributed by atoms with E-state index >= 15 is 0 Å². The summed E-state index contributed by atoms with van der Waals surface area (Å²) in [6.45, 7) is 3.96. The van der Waals surface area contributed by atoms with E-state index in [2.05, 4.69) is 21.2 Å². The van der Waals surface area contributed by atoms with Gasteiger partial charge in [0.2, 0.25) is 0 Å². The Morgan fingerprint density at radius 1 is 1.14 bits per heavy atom. The number of hydrogen-bond acceptors (Lipinski definition) is 3. The third kappa shape index (κ3) is 3.55. The summed E-state index contributed by atoms with van der Waals surface area (Å²) >= 11 is 3.51. The van der Waals surface area contributed by atoms with E-state index in [9.17, 15) is 4.79 Å². The summed E-state index contributed by atoms with van der Waals surface area (Å²) in [6.07, 6.45) is 0. The first kappa shape index (κ1) is 15.4. The average molecular weight is 349 g/mol. The van der Waals surface area contributed by atoms with Gasteiger partial charge >= 0.3 is 0 Å². The highest BCUT2D eigenvalue weighted by Gasteiger charge is 2.10. The molecule has 0 unspecified atom stereocenters. The van der Waals surface area contributed by atoms with Crippen LogP contribution in [0.25, 0.3) is 0 Å². The Morgan fingerprint density at radius 3 is 2.33 bits per heavy atom. The number of ether oxygens (including phenoxy) is 1. The lowest BCUT2D eigenvalue weighted by Crippen LogP contribution is -2.12. The minimum Gasteiger partial charge on any atom is -0.497 e. The van der Waals surface area contributed by atoms with E-state index in [0.717, 1.165) is 21.3 Å². The van der Waals surface area contributed by atoms with Crippen LogP contribution in [0.15, 0.2) is 34.8 Å². The van der Waals surface area contributed by atoms with Crippen molar-refractivity contribution in [3.63, 3.8) is 0 Å². The predicted molar refractivity (Wildman–Crippen MR) is 89.0 cm³/mol. The molecule has 0 atom stereocenters. The minimum absolute atomic E-state index is 0.221. The van der Waals surface area contributed by atoms with Crippen LogP contribution in [0.4, 0.5) is 11.4 Å². The van der Waals surface area contributed by atoms with Crippen LogP contribution in [-0.4, -0.2) is 13.0 Å². The van der Waals surface area contributed by atoms with Crippen LogP contribution in [0.2, 0.25) is 0 Å². The zero-order valence-electron chi connectivity index (χ0n) is 12.2. The van der Waals surface area contributed by atoms with Gasteiger partial charge < -0.3 is 15.8 Å². The van der Waals surface area contributed by atoms with Gasteiger partial charge in [-0.3, -0.25) is 4.79 Å². The second-order valence-electron chi connectivity index (χ2n) is 4.87. The maximum Gasteiger partial charge on any atom is 0.255 e. The van der Waals surface area contributed by atoms with Crippen LogP contribution in [0.5, 0.6) is 5.75 Å². The zero-order chi connectivity index (χ0) is 15.6. The second kappa shape index (κ2) is 6.18. The molecule has 3 N–H and O–H groups in total. The van der Waals surface area contributed by atoms with Crippen LogP contribution >= 0.6 is 15.9 Å². The fourth-order valence-corrected chi connectivity index (χ4v) is 2.32. The fourth-order valence-electron chi connectivity index (χ4n) is 2.09. The van der Waals surface area contributed by atoms with Gasteiger partial charge in [-0.15, -0.1) is 0 Å². The number of nitrogen functional groups attached to an aromatic ring is 1. The molecule has 0 fully saturated rings. The summed E-state index contributed by atoms with van der Waals surface area (Å²) in [4.78, 5) is 12.3. The van der Waals surface area contributed by atoms with Gasteiger partial charge in [-0.25, -0.2) is 0 Å². The Bertz CT molecular complexity index is 676. The highest BCUT2D eigenvalue weighted by Crippen LogP contribution is 2.26. The molecule has 4 nitrogen and oxygen atoms in total. The van der Waals surface area contributed by atoms with Crippen molar-refractivity contribution in [2.75, 3.05) is 18.2 Å². The number of carbonyl (C=O) groups is 1. The second-order valence-corrected chi connectivity index (χ2v) is 5.67. The number of amides is 1. The van der Waals surface area contributed by atoms with Gasteiger partial charge in [0.1, 0.15) is 5.75 Å². The number of hydrogen-bond donors (Lipinski definition) is 2. The number of anilines is 2. The molecule has 0 spiro atoms. The first-order chi connectivity index (χ1) is 9.90. The van der Waals surface area contributed by atoms with Crippen LogP contribution in [0, 0.1) is 13.8 Å². The number of rotatable bonds is 3. The van der Waals surface area contributed by atoms with E-state index < -0.39 is 0 Å². The molecule has 0 bridgehead atoms. The third-order valence-corrected chi connectivity index (χ3v) is 4.37. The quantitative estimate of drug-likeness (QED) is 0.826. The van der Waals surface area contributed by atoms with Crippen molar-refractivity contribution in [1.82, 2.24) is 0 Å². The number of aryl methyl sites for hydroxylation is 2. The SMILES string of the molecule is COc1cc(N)cc(C(=O)Nc2cc(C)c(Br)c(C)c2)c1. The average Bonchev–Trinajstić information content (AvgIpc) is 2.43. The van der Waals surface area contributed by atoms with E-state index in [4.69, 9.17) is 10.5 Å². The van der Waals surface area contributed by atoms with Gasteiger partial charge in [0.05, 0.1) is 7.11 Å². The monoisotopic (exact) mass is 348 g/mol. The number of nitrogens with one attached hydrogen (secondary N) is 1. The highest BCUT2D eigenvalue weighted by molar-refractivity contribution is 9.10. The Morgan fingerprint density at radius 2 is 1.76 bits per heavy atom. The Kier molecular flexibility index (Phi) is 4.53. The van der Waals surface area contributed by atoms with Crippen molar-refractivity contribution >= 4 is 33.2 Å². The maximum absolute atomic E-state index is 12.3. The van der Waals surface area contributed by atoms with Crippen LogP contribution < -0.4 is 15.8 Å². The van der Waals surface area contributed by atoms with E-state index in [1.807, 2.05) is 26.0 Å². The summed E-state index contributed by atoms with van der Waals surface area (Å²) in [5, 5.41) is 2.87. The molecule has 0 aliphatic rings. The molecule has 0 saturated heterocycles. The van der Waals surface area contributed by atoms with Crippen molar-refractivity contribution in [2.24, 2.45) is 0 Å². The molecule has 0 aliphatic carbocycles. The number of methoxy groups -OCH3 is 1. The Balaban J connectivity index is 2.28. The summed E-state index contributed by atoms with van der Waals surface area (Å²) in [6, 6.07) is 8.78. The van der Waals surface area contributed by atoms with E-state index in [-0.39, 0.29) is 5.91 Å². The third-order valence-electron chi connectivity index (χ3n) is 3.12. The van der Waals surface area contributed by atoms with Gasteiger partial charge in [-0.2, -0.15) is 0 Å². The molecule has 110 valence electrons. The lowest BCUT2D eigenvalue weighted by Gasteiger charge is -2.11. The predicted octanol–water partition coefficient (Wildman–Crippen LogP) is 3.91. The van der Waals surface area contributed by atoms with Crippen LogP contribution in [0.3, 0.4) is 0 Å². The molecule has 2 aromatic rings. The Hall–Kier alpha value is -2.01. The smallest absolute Gasteiger partial charge is 0.255 e. The summed E-state index contributed by atoms with van der Waals surface area (Å²) in [5.41, 5.74) is 9.60.